The van der Waals surface area contributed by atoms with Crippen LogP contribution in [0.15, 0.2) is 59.6 Å². The summed E-state index contributed by atoms with van der Waals surface area (Å²) in [5.74, 6) is 1.41. The van der Waals surface area contributed by atoms with Crippen molar-refractivity contribution in [2.45, 2.75) is 6.92 Å². The Morgan fingerprint density at radius 3 is 2.39 bits per heavy atom. The van der Waals surface area contributed by atoms with Gasteiger partial charge in [0.25, 0.3) is 0 Å². The van der Waals surface area contributed by atoms with Gasteiger partial charge in [0.2, 0.25) is 5.91 Å². The van der Waals surface area contributed by atoms with Crippen LogP contribution in [0.4, 0.5) is 0 Å². The van der Waals surface area contributed by atoms with Gasteiger partial charge in [-0.1, -0.05) is 48.5 Å². The predicted molar refractivity (Wildman–Crippen MR) is 125 cm³/mol. The van der Waals surface area contributed by atoms with Crippen LogP contribution in [0.25, 0.3) is 11.1 Å². The van der Waals surface area contributed by atoms with E-state index in [4.69, 9.17) is 4.74 Å². The number of carbonyl (C=O) groups is 1. The second-order valence-electron chi connectivity index (χ2n) is 6.12. The summed E-state index contributed by atoms with van der Waals surface area (Å²) in [5.41, 5.74) is 2.19. The molecule has 0 atom stereocenters. The van der Waals surface area contributed by atoms with Crippen molar-refractivity contribution in [2.75, 3.05) is 40.3 Å². The normalized spacial score (nSPS) is 10.6. The van der Waals surface area contributed by atoms with Crippen LogP contribution in [0.5, 0.6) is 5.75 Å². The first-order chi connectivity index (χ1) is 13.1. The summed E-state index contributed by atoms with van der Waals surface area (Å²) in [6.07, 6.45) is 0. The number of para-hydroxylation sites is 1. The lowest BCUT2D eigenvalue weighted by Gasteiger charge is -2.14. The molecule has 0 radical (unpaired) electrons. The third-order valence-electron chi connectivity index (χ3n) is 3.84. The molecule has 2 aromatic carbocycles. The molecule has 0 bridgehead atoms. The minimum absolute atomic E-state index is 0. The van der Waals surface area contributed by atoms with Crippen LogP contribution in [0.2, 0.25) is 0 Å². The number of nitrogens with one attached hydrogen (secondary N) is 2. The van der Waals surface area contributed by atoms with Crippen LogP contribution in [0.1, 0.15) is 6.92 Å². The minimum Gasteiger partial charge on any atom is -0.491 e. The Morgan fingerprint density at radius 1 is 1.04 bits per heavy atom. The average Bonchev–Trinajstić information content (AvgIpc) is 2.69. The molecule has 152 valence electrons. The van der Waals surface area contributed by atoms with Crippen molar-refractivity contribution in [3.05, 3.63) is 54.6 Å². The second kappa shape index (κ2) is 13.0. The van der Waals surface area contributed by atoms with Crippen LogP contribution < -0.4 is 15.4 Å². The van der Waals surface area contributed by atoms with Gasteiger partial charge in [-0.25, -0.2) is 4.99 Å². The van der Waals surface area contributed by atoms with Crippen molar-refractivity contribution < 1.29 is 9.53 Å². The summed E-state index contributed by atoms with van der Waals surface area (Å²) < 4.78 is 5.96. The molecule has 0 aromatic heterocycles. The van der Waals surface area contributed by atoms with E-state index in [2.05, 4.69) is 33.8 Å². The Bertz CT molecular complexity index is 751. The van der Waals surface area contributed by atoms with E-state index in [9.17, 15) is 4.79 Å². The molecule has 0 fully saturated rings. The number of benzene rings is 2. The molecular formula is C21H29IN4O2. The zero-order valence-corrected chi connectivity index (χ0v) is 19.0. The van der Waals surface area contributed by atoms with Gasteiger partial charge in [-0.2, -0.15) is 0 Å². The number of likely N-dealkylation sites (N-methyl/N-ethyl adjacent to an activating group) is 1. The fourth-order valence-corrected chi connectivity index (χ4v) is 2.41. The van der Waals surface area contributed by atoms with Crippen LogP contribution >= 0.6 is 24.0 Å². The molecule has 0 aliphatic carbocycles. The van der Waals surface area contributed by atoms with E-state index in [-0.39, 0.29) is 36.4 Å². The van der Waals surface area contributed by atoms with E-state index in [1.807, 2.05) is 43.3 Å². The van der Waals surface area contributed by atoms with E-state index >= 15 is 0 Å². The van der Waals surface area contributed by atoms with E-state index in [0.717, 1.165) is 23.4 Å². The first-order valence-electron chi connectivity index (χ1n) is 9.11. The number of halogens is 1. The minimum atomic E-state index is -0.0414. The molecule has 0 unspecified atom stereocenters. The summed E-state index contributed by atoms with van der Waals surface area (Å²) in [7, 11) is 3.44. The molecule has 0 aliphatic heterocycles. The van der Waals surface area contributed by atoms with Gasteiger partial charge in [0.1, 0.15) is 18.9 Å². The number of nitrogens with zero attached hydrogens (tertiary/aromatic N) is 2. The number of carbonyl (C=O) groups excluding carboxylic acids is 1. The Balaban J connectivity index is 0.00000392. The first-order valence-corrected chi connectivity index (χ1v) is 9.11. The van der Waals surface area contributed by atoms with E-state index in [1.54, 1.807) is 14.1 Å². The summed E-state index contributed by atoms with van der Waals surface area (Å²) in [4.78, 5) is 17.5. The van der Waals surface area contributed by atoms with Crippen molar-refractivity contribution in [2.24, 2.45) is 4.99 Å². The number of rotatable bonds is 8. The first kappa shape index (κ1) is 23.7. The highest BCUT2D eigenvalue weighted by Crippen LogP contribution is 2.29. The Kier molecular flexibility index (Phi) is 11.0. The largest absolute Gasteiger partial charge is 0.491 e. The van der Waals surface area contributed by atoms with E-state index < -0.39 is 0 Å². The van der Waals surface area contributed by atoms with Gasteiger partial charge < -0.3 is 20.3 Å². The zero-order chi connectivity index (χ0) is 19.5. The van der Waals surface area contributed by atoms with Gasteiger partial charge in [0, 0.05) is 26.2 Å². The maximum Gasteiger partial charge on any atom is 0.243 e. The molecule has 2 N–H and O–H groups in total. The number of hydrogen-bond donors (Lipinski definition) is 2. The molecule has 0 heterocycles. The number of amides is 1. The second-order valence-corrected chi connectivity index (χ2v) is 6.12. The van der Waals surface area contributed by atoms with E-state index in [1.165, 1.54) is 4.90 Å². The van der Waals surface area contributed by atoms with E-state index in [0.29, 0.717) is 19.1 Å². The molecule has 0 saturated heterocycles. The Labute approximate surface area is 184 Å². The predicted octanol–water partition coefficient (Wildman–Crippen LogP) is 2.99. The topological polar surface area (TPSA) is 66.0 Å². The fourth-order valence-electron chi connectivity index (χ4n) is 2.41. The average molecular weight is 496 g/mol. The summed E-state index contributed by atoms with van der Waals surface area (Å²) in [6.45, 7) is 3.87. The molecule has 0 aliphatic rings. The highest BCUT2D eigenvalue weighted by atomic mass is 127. The molecule has 2 rings (SSSR count). The fraction of sp³-hybridized carbons (Fsp3) is 0.333. The van der Waals surface area contributed by atoms with Crippen molar-refractivity contribution in [1.29, 1.82) is 0 Å². The lowest BCUT2D eigenvalue weighted by Crippen LogP contribution is -2.40. The molecular weight excluding hydrogens is 467 g/mol. The smallest absolute Gasteiger partial charge is 0.243 e. The van der Waals surface area contributed by atoms with Gasteiger partial charge in [0.05, 0.1) is 6.54 Å². The Hall–Kier alpha value is -2.29. The molecule has 28 heavy (non-hydrogen) atoms. The monoisotopic (exact) mass is 496 g/mol. The molecule has 1 amide bonds. The van der Waals surface area contributed by atoms with Crippen molar-refractivity contribution in [1.82, 2.24) is 15.5 Å². The Morgan fingerprint density at radius 2 is 1.71 bits per heavy atom. The summed E-state index contributed by atoms with van der Waals surface area (Å²) >= 11 is 0. The lowest BCUT2D eigenvalue weighted by atomic mass is 10.1. The van der Waals surface area contributed by atoms with Crippen molar-refractivity contribution in [3.63, 3.8) is 0 Å². The lowest BCUT2D eigenvalue weighted by molar-refractivity contribution is -0.127. The van der Waals surface area contributed by atoms with Gasteiger partial charge in [-0.3, -0.25) is 4.79 Å². The maximum absolute atomic E-state index is 11.7. The standard InChI is InChI=1S/C21H28N4O2.HI/c1-4-22-21(24-16-20(26)25(2)3)23-14-15-27-19-13-9-8-12-18(19)17-10-6-5-7-11-17;/h5-13H,4,14-16H2,1-3H3,(H2,22,23,24);1H. The third-order valence-corrected chi connectivity index (χ3v) is 3.84. The number of aliphatic imine (C=N–C) groups is 1. The highest BCUT2D eigenvalue weighted by molar-refractivity contribution is 14.0. The van der Waals surface area contributed by atoms with Crippen LogP contribution in [0.3, 0.4) is 0 Å². The summed E-state index contributed by atoms with van der Waals surface area (Å²) in [5, 5.41) is 6.31. The van der Waals surface area contributed by atoms with Gasteiger partial charge in [0.15, 0.2) is 5.96 Å². The summed E-state index contributed by atoms with van der Waals surface area (Å²) in [6, 6.07) is 18.2. The number of hydrogen-bond acceptors (Lipinski definition) is 3. The molecule has 0 spiro atoms. The highest BCUT2D eigenvalue weighted by Gasteiger charge is 2.06. The molecule has 2 aromatic rings. The van der Waals surface area contributed by atoms with Crippen LogP contribution in [-0.4, -0.2) is 57.1 Å². The van der Waals surface area contributed by atoms with Crippen molar-refractivity contribution in [3.8, 4) is 16.9 Å². The van der Waals surface area contributed by atoms with Gasteiger partial charge >= 0.3 is 0 Å². The van der Waals surface area contributed by atoms with Gasteiger partial charge in [-0.15, -0.1) is 24.0 Å². The zero-order valence-electron chi connectivity index (χ0n) is 16.6. The van der Waals surface area contributed by atoms with Crippen molar-refractivity contribution >= 4 is 35.8 Å². The molecule has 7 heteroatoms. The SMILES string of the molecule is CCNC(=NCC(=O)N(C)C)NCCOc1ccccc1-c1ccccc1.I. The van der Waals surface area contributed by atoms with Crippen LogP contribution in [0, 0.1) is 0 Å². The molecule has 6 nitrogen and oxygen atoms in total. The third kappa shape index (κ3) is 7.75. The maximum atomic E-state index is 11.7. The van der Waals surface area contributed by atoms with Gasteiger partial charge in [-0.05, 0) is 18.6 Å². The number of ether oxygens (including phenoxy) is 1. The number of guanidine groups is 1. The molecule has 0 saturated carbocycles. The quantitative estimate of drug-likeness (QED) is 0.255. The van der Waals surface area contributed by atoms with Crippen LogP contribution in [-0.2, 0) is 4.79 Å².